The van der Waals surface area contributed by atoms with Gasteiger partial charge in [-0.2, -0.15) is 0 Å². The van der Waals surface area contributed by atoms with Crippen LogP contribution in [-0.2, 0) is 4.79 Å². The first kappa shape index (κ1) is 10.1. The number of nitrogens with one attached hydrogen (secondary N) is 1. The van der Waals surface area contributed by atoms with E-state index in [1.54, 1.807) is 0 Å². The first-order chi connectivity index (χ1) is 7.18. The van der Waals surface area contributed by atoms with E-state index in [9.17, 15) is 13.6 Å². The van der Waals surface area contributed by atoms with Crippen LogP contribution in [0.5, 0.6) is 0 Å². The summed E-state index contributed by atoms with van der Waals surface area (Å²) in [5.74, 6) is -1.83. The van der Waals surface area contributed by atoms with Crippen molar-refractivity contribution in [3.05, 3.63) is 29.8 Å². The maximum atomic E-state index is 13.1. The molecule has 1 saturated carbocycles. The van der Waals surface area contributed by atoms with Crippen LogP contribution < -0.4 is 5.32 Å². The zero-order valence-corrected chi connectivity index (χ0v) is 8.09. The number of para-hydroxylation sites is 1. The number of hydrogen-bond acceptors (Lipinski definition) is 1. The standard InChI is InChI=1S/C11H11F2NO/c12-8-5-2-6-9(13)10(8)14-11(15)7-3-1-4-7/h2,5-7H,1,3-4H2,(H,14,15). The van der Waals surface area contributed by atoms with Crippen molar-refractivity contribution >= 4 is 11.6 Å². The van der Waals surface area contributed by atoms with E-state index < -0.39 is 11.6 Å². The van der Waals surface area contributed by atoms with Crippen molar-refractivity contribution in [1.82, 2.24) is 0 Å². The Balaban J connectivity index is 2.12. The quantitative estimate of drug-likeness (QED) is 0.800. The minimum absolute atomic E-state index is 0.0796. The molecule has 1 N–H and O–H groups in total. The minimum atomic E-state index is -0.734. The van der Waals surface area contributed by atoms with Crippen molar-refractivity contribution in [3.63, 3.8) is 0 Å². The van der Waals surface area contributed by atoms with Crippen LogP contribution in [0.3, 0.4) is 0 Å². The predicted octanol–water partition coefficient (Wildman–Crippen LogP) is 2.70. The van der Waals surface area contributed by atoms with E-state index in [0.717, 1.165) is 31.4 Å². The monoisotopic (exact) mass is 211 g/mol. The van der Waals surface area contributed by atoms with E-state index in [-0.39, 0.29) is 17.5 Å². The molecule has 80 valence electrons. The molecule has 1 amide bonds. The minimum Gasteiger partial charge on any atom is -0.321 e. The van der Waals surface area contributed by atoms with Gasteiger partial charge in [-0.25, -0.2) is 8.78 Å². The topological polar surface area (TPSA) is 29.1 Å². The summed E-state index contributed by atoms with van der Waals surface area (Å²) in [6.07, 6.45) is 2.63. The molecule has 1 aliphatic rings. The first-order valence-electron chi connectivity index (χ1n) is 4.93. The Morgan fingerprint density at radius 1 is 1.27 bits per heavy atom. The number of rotatable bonds is 2. The first-order valence-corrected chi connectivity index (χ1v) is 4.93. The predicted molar refractivity (Wildman–Crippen MR) is 52.3 cm³/mol. The summed E-state index contributed by atoms with van der Waals surface area (Å²) in [7, 11) is 0. The highest BCUT2D eigenvalue weighted by molar-refractivity contribution is 5.93. The molecule has 0 heterocycles. The van der Waals surface area contributed by atoms with Crippen molar-refractivity contribution in [2.75, 3.05) is 5.32 Å². The van der Waals surface area contributed by atoms with Gasteiger partial charge in [0.1, 0.15) is 17.3 Å². The lowest BCUT2D eigenvalue weighted by Gasteiger charge is -2.24. The van der Waals surface area contributed by atoms with Crippen LogP contribution in [0.2, 0.25) is 0 Å². The van der Waals surface area contributed by atoms with Crippen molar-refractivity contribution in [3.8, 4) is 0 Å². The Hall–Kier alpha value is -1.45. The van der Waals surface area contributed by atoms with Crippen LogP contribution in [0.1, 0.15) is 19.3 Å². The van der Waals surface area contributed by atoms with E-state index in [4.69, 9.17) is 0 Å². The maximum absolute atomic E-state index is 13.1. The lowest BCUT2D eigenvalue weighted by atomic mass is 9.85. The highest BCUT2D eigenvalue weighted by Gasteiger charge is 2.26. The number of anilines is 1. The second-order valence-corrected chi connectivity index (χ2v) is 3.71. The molecule has 4 heteroatoms. The summed E-state index contributed by atoms with van der Waals surface area (Å²) in [5, 5.41) is 2.29. The second-order valence-electron chi connectivity index (χ2n) is 3.71. The van der Waals surface area contributed by atoms with Gasteiger partial charge in [-0.1, -0.05) is 12.5 Å². The zero-order valence-electron chi connectivity index (χ0n) is 8.09. The molecule has 0 radical (unpaired) electrons. The van der Waals surface area contributed by atoms with Crippen molar-refractivity contribution in [1.29, 1.82) is 0 Å². The van der Waals surface area contributed by atoms with Gasteiger partial charge in [-0.05, 0) is 25.0 Å². The lowest BCUT2D eigenvalue weighted by Crippen LogP contribution is -2.28. The van der Waals surface area contributed by atoms with Gasteiger partial charge >= 0.3 is 0 Å². The van der Waals surface area contributed by atoms with Gasteiger partial charge in [0.15, 0.2) is 0 Å². The van der Waals surface area contributed by atoms with Crippen LogP contribution in [0.4, 0.5) is 14.5 Å². The van der Waals surface area contributed by atoms with E-state index >= 15 is 0 Å². The largest absolute Gasteiger partial charge is 0.321 e. The molecule has 2 nitrogen and oxygen atoms in total. The highest BCUT2D eigenvalue weighted by Crippen LogP contribution is 2.28. The average molecular weight is 211 g/mol. The summed E-state index contributed by atoms with van der Waals surface area (Å²) in [6.45, 7) is 0. The molecule has 0 atom stereocenters. The third-order valence-electron chi connectivity index (χ3n) is 2.69. The molecule has 1 aromatic carbocycles. The van der Waals surface area contributed by atoms with Crippen LogP contribution in [0, 0.1) is 17.6 Å². The normalized spacial score (nSPS) is 15.9. The molecule has 2 rings (SSSR count). The molecule has 0 spiro atoms. The molecular formula is C11H11F2NO. The van der Waals surface area contributed by atoms with Gasteiger partial charge in [-0.3, -0.25) is 4.79 Å². The van der Waals surface area contributed by atoms with Crippen molar-refractivity contribution in [2.45, 2.75) is 19.3 Å². The maximum Gasteiger partial charge on any atom is 0.227 e. The fourth-order valence-electron chi connectivity index (χ4n) is 1.51. The molecule has 0 aromatic heterocycles. The van der Waals surface area contributed by atoms with E-state index in [0.29, 0.717) is 0 Å². The number of amides is 1. The Kier molecular flexibility index (Phi) is 2.66. The summed E-state index contributed by atoms with van der Waals surface area (Å²) >= 11 is 0. The van der Waals surface area contributed by atoms with Crippen molar-refractivity contribution < 1.29 is 13.6 Å². The second kappa shape index (κ2) is 3.96. The molecular weight excluding hydrogens is 200 g/mol. The molecule has 1 aromatic rings. The third kappa shape index (κ3) is 1.98. The van der Waals surface area contributed by atoms with Crippen molar-refractivity contribution in [2.24, 2.45) is 5.92 Å². The Bertz CT molecular complexity index is 368. The van der Waals surface area contributed by atoms with Gasteiger partial charge in [0.25, 0.3) is 0 Å². The molecule has 1 aliphatic carbocycles. The highest BCUT2D eigenvalue weighted by atomic mass is 19.1. The summed E-state index contributed by atoms with van der Waals surface area (Å²) in [5.41, 5.74) is -0.339. The number of halogens is 2. The molecule has 0 bridgehead atoms. The molecule has 0 saturated heterocycles. The van der Waals surface area contributed by atoms with E-state index in [2.05, 4.69) is 5.32 Å². The van der Waals surface area contributed by atoms with Crippen LogP contribution in [-0.4, -0.2) is 5.91 Å². The van der Waals surface area contributed by atoms with Gasteiger partial charge in [0.2, 0.25) is 5.91 Å². The zero-order chi connectivity index (χ0) is 10.8. The molecule has 1 fully saturated rings. The molecule has 0 unspecified atom stereocenters. The Labute approximate surface area is 86.3 Å². The third-order valence-corrected chi connectivity index (χ3v) is 2.69. The number of carbonyl (C=O) groups excluding carboxylic acids is 1. The summed E-state index contributed by atoms with van der Waals surface area (Å²) in [6, 6.07) is 3.52. The van der Waals surface area contributed by atoms with Gasteiger partial charge in [0.05, 0.1) is 0 Å². The Morgan fingerprint density at radius 2 is 1.87 bits per heavy atom. The van der Waals surface area contributed by atoms with Crippen LogP contribution in [0.25, 0.3) is 0 Å². The average Bonchev–Trinajstić information content (AvgIpc) is 2.08. The molecule has 0 aliphatic heterocycles. The smallest absolute Gasteiger partial charge is 0.227 e. The summed E-state index contributed by atoms with van der Waals surface area (Å²) < 4.78 is 26.3. The van der Waals surface area contributed by atoms with Gasteiger partial charge in [0, 0.05) is 5.92 Å². The molecule has 15 heavy (non-hydrogen) atoms. The lowest BCUT2D eigenvalue weighted by molar-refractivity contribution is -0.122. The fourth-order valence-corrected chi connectivity index (χ4v) is 1.51. The van der Waals surface area contributed by atoms with Crippen LogP contribution >= 0.6 is 0 Å². The fraction of sp³-hybridized carbons (Fsp3) is 0.364. The Morgan fingerprint density at radius 3 is 2.33 bits per heavy atom. The van der Waals surface area contributed by atoms with Gasteiger partial charge in [-0.15, -0.1) is 0 Å². The van der Waals surface area contributed by atoms with Gasteiger partial charge < -0.3 is 5.32 Å². The number of hydrogen-bond donors (Lipinski definition) is 1. The van der Waals surface area contributed by atoms with E-state index in [1.165, 1.54) is 6.07 Å². The summed E-state index contributed by atoms with van der Waals surface area (Å²) in [4.78, 5) is 11.5. The van der Waals surface area contributed by atoms with Crippen LogP contribution in [0.15, 0.2) is 18.2 Å². The van der Waals surface area contributed by atoms with E-state index in [1.807, 2.05) is 0 Å². The SMILES string of the molecule is O=C(Nc1c(F)cccc1F)C1CCC1. The number of carbonyl (C=O) groups is 1. The number of benzene rings is 1.